The van der Waals surface area contributed by atoms with E-state index in [-0.39, 0.29) is 5.41 Å². The summed E-state index contributed by atoms with van der Waals surface area (Å²) in [6, 6.07) is 60.4. The lowest BCUT2D eigenvalue weighted by molar-refractivity contribution is 0.817. The molecule has 44 heavy (non-hydrogen) atoms. The van der Waals surface area contributed by atoms with Gasteiger partial charge in [0.25, 0.3) is 0 Å². The van der Waals surface area contributed by atoms with Crippen molar-refractivity contribution in [3.8, 4) is 44.5 Å². The fraction of sp³-hybridized carbons (Fsp3) is 0.0233. The van der Waals surface area contributed by atoms with Crippen molar-refractivity contribution in [3.05, 3.63) is 186 Å². The van der Waals surface area contributed by atoms with Crippen LogP contribution in [0, 0.1) is 0 Å². The average Bonchev–Trinajstić information content (AvgIpc) is 3.69. The van der Waals surface area contributed by atoms with Crippen LogP contribution >= 0.6 is 0 Å². The van der Waals surface area contributed by atoms with Crippen molar-refractivity contribution in [2.45, 2.75) is 5.41 Å². The van der Waals surface area contributed by atoms with E-state index in [1.54, 1.807) is 0 Å². The van der Waals surface area contributed by atoms with Gasteiger partial charge in [0.15, 0.2) is 0 Å². The van der Waals surface area contributed by atoms with Crippen LogP contribution in [0.3, 0.4) is 0 Å². The molecule has 10 rings (SSSR count). The highest BCUT2D eigenvalue weighted by Crippen LogP contribution is 2.71. The van der Waals surface area contributed by atoms with Gasteiger partial charge in [-0.3, -0.25) is 0 Å². The summed E-state index contributed by atoms with van der Waals surface area (Å²) < 4.78 is 0. The van der Waals surface area contributed by atoms with Crippen molar-refractivity contribution in [2.75, 3.05) is 4.90 Å². The molecule has 0 saturated heterocycles. The molecule has 204 valence electrons. The third-order valence-corrected chi connectivity index (χ3v) is 9.99. The SMILES string of the molecule is c1ccc(-c2ccc(N(c3ccccc3)c3cccc4c3C35c6ccccc6-c6cccc(c63)-c3cccc-4c35)cc2)cc1. The molecule has 7 aromatic rings. The van der Waals surface area contributed by atoms with E-state index in [0.717, 1.165) is 11.4 Å². The zero-order chi connectivity index (χ0) is 28.8. The Morgan fingerprint density at radius 1 is 0.318 bits per heavy atom. The Morgan fingerprint density at radius 3 is 1.43 bits per heavy atom. The normalized spacial score (nSPS) is 15.8. The minimum absolute atomic E-state index is 0.350. The van der Waals surface area contributed by atoms with Crippen LogP contribution in [0.5, 0.6) is 0 Å². The molecular weight excluding hydrogens is 530 g/mol. The molecule has 0 bridgehead atoms. The molecule has 0 radical (unpaired) electrons. The Labute approximate surface area is 257 Å². The second-order valence-corrected chi connectivity index (χ2v) is 12.0. The fourth-order valence-corrected chi connectivity index (χ4v) is 8.42. The highest BCUT2D eigenvalue weighted by atomic mass is 15.1. The van der Waals surface area contributed by atoms with Crippen LogP contribution in [0.2, 0.25) is 0 Å². The number of fused-ring (bicyclic) bond motifs is 5. The molecule has 0 heterocycles. The van der Waals surface area contributed by atoms with Crippen molar-refractivity contribution >= 4 is 17.1 Å². The first kappa shape index (κ1) is 23.9. The predicted molar refractivity (Wildman–Crippen MR) is 182 cm³/mol. The van der Waals surface area contributed by atoms with Gasteiger partial charge in [0.05, 0.1) is 11.1 Å². The van der Waals surface area contributed by atoms with Crippen molar-refractivity contribution in [1.29, 1.82) is 0 Å². The van der Waals surface area contributed by atoms with E-state index < -0.39 is 0 Å². The highest BCUT2D eigenvalue weighted by Gasteiger charge is 2.58. The minimum atomic E-state index is -0.350. The average molecular weight is 558 g/mol. The second kappa shape index (κ2) is 8.69. The lowest BCUT2D eigenvalue weighted by Gasteiger charge is -2.34. The maximum absolute atomic E-state index is 2.47. The van der Waals surface area contributed by atoms with Gasteiger partial charge in [-0.15, -0.1) is 0 Å². The van der Waals surface area contributed by atoms with Gasteiger partial charge >= 0.3 is 0 Å². The lowest BCUT2D eigenvalue weighted by Crippen LogP contribution is -2.26. The van der Waals surface area contributed by atoms with Gasteiger partial charge in [0.2, 0.25) is 0 Å². The molecule has 0 amide bonds. The van der Waals surface area contributed by atoms with Crippen LogP contribution in [0.25, 0.3) is 44.5 Å². The number of hydrogen-bond acceptors (Lipinski definition) is 1. The van der Waals surface area contributed by atoms with Crippen LogP contribution in [0.15, 0.2) is 164 Å². The standard InChI is InChI=1S/C43H27N/c1-3-12-28(13-4-1)29-24-26-31(27-25-29)44(30-14-5-2-6-15-30)39-23-11-21-37-36-20-10-19-35-34-18-9-17-33-32-16-7-8-22-38(32)43(40(33)34,41(35)36)42(37)39/h1-27H. The van der Waals surface area contributed by atoms with E-state index in [1.807, 2.05) is 0 Å². The summed E-state index contributed by atoms with van der Waals surface area (Å²) in [6.45, 7) is 0. The van der Waals surface area contributed by atoms with E-state index in [0.29, 0.717) is 0 Å². The Balaban J connectivity index is 1.29. The summed E-state index contributed by atoms with van der Waals surface area (Å²) in [5, 5.41) is 0. The Kier molecular flexibility index (Phi) is 4.71. The highest BCUT2D eigenvalue weighted by molar-refractivity contribution is 6.08. The number of hydrogen-bond donors (Lipinski definition) is 0. The predicted octanol–water partition coefficient (Wildman–Crippen LogP) is 11.1. The van der Waals surface area contributed by atoms with Crippen LogP contribution < -0.4 is 4.90 Å². The van der Waals surface area contributed by atoms with Crippen molar-refractivity contribution < 1.29 is 0 Å². The Bertz CT molecular complexity index is 2230. The van der Waals surface area contributed by atoms with Gasteiger partial charge in [-0.05, 0) is 91.5 Å². The molecule has 0 aliphatic heterocycles. The van der Waals surface area contributed by atoms with Gasteiger partial charge in [0, 0.05) is 16.9 Å². The molecule has 1 atom stereocenters. The molecule has 3 aliphatic carbocycles. The lowest BCUT2D eigenvalue weighted by atomic mass is 9.72. The minimum Gasteiger partial charge on any atom is -0.310 e. The molecule has 0 saturated carbocycles. The van der Waals surface area contributed by atoms with Crippen LogP contribution in [0.4, 0.5) is 17.1 Å². The molecule has 1 heteroatoms. The van der Waals surface area contributed by atoms with E-state index in [1.165, 1.54) is 72.4 Å². The summed E-state index contributed by atoms with van der Waals surface area (Å²) in [6.07, 6.45) is 0. The number of nitrogens with zero attached hydrogens (tertiary/aromatic N) is 1. The Morgan fingerprint density at radius 2 is 0.773 bits per heavy atom. The van der Waals surface area contributed by atoms with Crippen LogP contribution in [-0.4, -0.2) is 0 Å². The number of benzene rings is 7. The van der Waals surface area contributed by atoms with Crippen molar-refractivity contribution in [2.24, 2.45) is 0 Å². The van der Waals surface area contributed by atoms with Gasteiger partial charge in [0.1, 0.15) is 0 Å². The maximum Gasteiger partial charge on any atom is 0.0758 e. The quantitative estimate of drug-likeness (QED) is 0.208. The molecule has 0 fully saturated rings. The van der Waals surface area contributed by atoms with E-state index in [4.69, 9.17) is 0 Å². The topological polar surface area (TPSA) is 3.24 Å². The summed E-state index contributed by atoms with van der Waals surface area (Å²) in [5.74, 6) is 0. The third kappa shape index (κ3) is 2.89. The fourth-order valence-electron chi connectivity index (χ4n) is 8.42. The first-order valence-corrected chi connectivity index (χ1v) is 15.4. The van der Waals surface area contributed by atoms with E-state index in [2.05, 4.69) is 169 Å². The molecular formula is C43H27N. The maximum atomic E-state index is 2.47. The summed E-state index contributed by atoms with van der Waals surface area (Å²) >= 11 is 0. The smallest absolute Gasteiger partial charge is 0.0758 e. The van der Waals surface area contributed by atoms with E-state index >= 15 is 0 Å². The largest absolute Gasteiger partial charge is 0.310 e. The zero-order valence-corrected chi connectivity index (χ0v) is 24.0. The van der Waals surface area contributed by atoms with Gasteiger partial charge < -0.3 is 4.90 Å². The molecule has 0 aromatic heterocycles. The number of anilines is 3. The van der Waals surface area contributed by atoms with Crippen molar-refractivity contribution in [3.63, 3.8) is 0 Å². The molecule has 3 aliphatic rings. The number of rotatable bonds is 4. The van der Waals surface area contributed by atoms with Gasteiger partial charge in [-0.1, -0.05) is 133 Å². The van der Waals surface area contributed by atoms with Crippen LogP contribution in [-0.2, 0) is 5.41 Å². The summed E-state index contributed by atoms with van der Waals surface area (Å²) in [7, 11) is 0. The second-order valence-electron chi connectivity index (χ2n) is 12.0. The Hall–Kier alpha value is -5.66. The van der Waals surface area contributed by atoms with Crippen LogP contribution in [0.1, 0.15) is 22.3 Å². The summed E-state index contributed by atoms with van der Waals surface area (Å²) in [5.41, 5.74) is 19.4. The molecule has 0 N–H and O–H groups in total. The zero-order valence-electron chi connectivity index (χ0n) is 24.0. The molecule has 1 unspecified atom stereocenters. The van der Waals surface area contributed by atoms with Gasteiger partial charge in [-0.2, -0.15) is 0 Å². The number of para-hydroxylation sites is 1. The van der Waals surface area contributed by atoms with Gasteiger partial charge in [-0.25, -0.2) is 0 Å². The first-order chi connectivity index (χ1) is 21.9. The van der Waals surface area contributed by atoms with E-state index in [9.17, 15) is 0 Å². The third-order valence-electron chi connectivity index (χ3n) is 9.99. The molecule has 7 aromatic carbocycles. The van der Waals surface area contributed by atoms with Crippen molar-refractivity contribution in [1.82, 2.24) is 0 Å². The summed E-state index contributed by atoms with van der Waals surface area (Å²) in [4.78, 5) is 2.47. The molecule has 1 nitrogen and oxygen atoms in total. The monoisotopic (exact) mass is 557 g/mol. The first-order valence-electron chi connectivity index (χ1n) is 15.4. The molecule has 1 spiro atoms.